The van der Waals surface area contributed by atoms with E-state index in [9.17, 15) is 4.79 Å². The highest BCUT2D eigenvalue weighted by Crippen LogP contribution is 2.25. The van der Waals surface area contributed by atoms with E-state index >= 15 is 0 Å². The third-order valence-electron chi connectivity index (χ3n) is 5.13. The normalized spacial score (nSPS) is 15.8. The number of aryl methyl sites for hydroxylation is 1. The van der Waals surface area contributed by atoms with Crippen molar-refractivity contribution >= 4 is 5.91 Å². The molecule has 4 rings (SSSR count). The van der Waals surface area contributed by atoms with Crippen LogP contribution in [0.2, 0.25) is 0 Å². The molecule has 1 aliphatic rings. The lowest BCUT2D eigenvalue weighted by Crippen LogP contribution is -2.31. The molecule has 0 bridgehead atoms. The van der Waals surface area contributed by atoms with Gasteiger partial charge in [0.15, 0.2) is 0 Å². The van der Waals surface area contributed by atoms with Crippen molar-refractivity contribution in [1.29, 1.82) is 0 Å². The van der Waals surface area contributed by atoms with Gasteiger partial charge in [-0.05, 0) is 41.7 Å². The van der Waals surface area contributed by atoms with Gasteiger partial charge in [0.05, 0.1) is 18.8 Å². The summed E-state index contributed by atoms with van der Waals surface area (Å²) < 4.78 is 7.87. The van der Waals surface area contributed by atoms with E-state index in [1.165, 1.54) is 16.7 Å². The molecule has 2 heterocycles. The van der Waals surface area contributed by atoms with Gasteiger partial charge >= 0.3 is 0 Å². The van der Waals surface area contributed by atoms with Gasteiger partial charge in [-0.3, -0.25) is 9.48 Å². The molecule has 1 aromatic heterocycles. The number of aromatic nitrogens is 2. The summed E-state index contributed by atoms with van der Waals surface area (Å²) >= 11 is 0. The van der Waals surface area contributed by atoms with Gasteiger partial charge < -0.3 is 10.1 Å². The Bertz CT molecular complexity index is 932. The number of rotatable bonds is 6. The molecular formula is C23H25N3O2. The highest BCUT2D eigenvalue weighted by Gasteiger charge is 2.25. The van der Waals surface area contributed by atoms with Gasteiger partial charge in [0.2, 0.25) is 0 Å². The van der Waals surface area contributed by atoms with Crippen LogP contribution in [0.25, 0.3) is 0 Å². The van der Waals surface area contributed by atoms with Crippen LogP contribution in [0.5, 0.6) is 0 Å². The van der Waals surface area contributed by atoms with Gasteiger partial charge in [-0.25, -0.2) is 0 Å². The SMILES string of the molecule is CCc1ccc(C(=O)NC[C@H]2OCCc3cn(Cc4ccccc4)nc32)cc1. The van der Waals surface area contributed by atoms with Gasteiger partial charge in [0.25, 0.3) is 5.91 Å². The first kappa shape index (κ1) is 18.4. The van der Waals surface area contributed by atoms with E-state index in [0.29, 0.717) is 18.7 Å². The summed E-state index contributed by atoms with van der Waals surface area (Å²) in [6.07, 6.45) is 3.71. The average molecular weight is 375 g/mol. The number of carbonyl (C=O) groups excluding carboxylic acids is 1. The number of nitrogens with one attached hydrogen (secondary N) is 1. The fourth-order valence-corrected chi connectivity index (χ4v) is 3.52. The Hall–Kier alpha value is -2.92. The standard InChI is InChI=1S/C23H25N3O2/c1-2-17-8-10-19(11-9-17)23(27)24-14-21-22-20(12-13-28-21)16-26(25-22)15-18-6-4-3-5-7-18/h3-11,16,21H,2,12-15H2,1H3,(H,24,27)/t21-/m1/s1. The lowest BCUT2D eigenvalue weighted by molar-refractivity contribution is 0.0383. The topological polar surface area (TPSA) is 56.1 Å². The molecule has 0 radical (unpaired) electrons. The minimum atomic E-state index is -0.209. The maximum atomic E-state index is 12.5. The molecule has 1 N–H and O–H groups in total. The molecule has 1 aliphatic heterocycles. The molecule has 28 heavy (non-hydrogen) atoms. The third-order valence-corrected chi connectivity index (χ3v) is 5.13. The lowest BCUT2D eigenvalue weighted by Gasteiger charge is -2.22. The number of hydrogen-bond acceptors (Lipinski definition) is 3. The van der Waals surface area contributed by atoms with Crippen LogP contribution in [0, 0.1) is 0 Å². The number of ether oxygens (including phenoxy) is 1. The Morgan fingerprint density at radius 3 is 2.68 bits per heavy atom. The van der Waals surface area contributed by atoms with Crippen molar-refractivity contribution in [2.75, 3.05) is 13.2 Å². The first-order valence-corrected chi connectivity index (χ1v) is 9.82. The summed E-state index contributed by atoms with van der Waals surface area (Å²) in [5.74, 6) is -0.0814. The van der Waals surface area contributed by atoms with Crippen LogP contribution in [-0.2, 0) is 24.1 Å². The largest absolute Gasteiger partial charge is 0.370 e. The van der Waals surface area contributed by atoms with Crippen LogP contribution in [0.1, 0.15) is 45.8 Å². The van der Waals surface area contributed by atoms with E-state index in [1.807, 2.05) is 47.1 Å². The van der Waals surface area contributed by atoms with Crippen LogP contribution in [0.15, 0.2) is 60.8 Å². The number of carbonyl (C=O) groups is 1. The van der Waals surface area contributed by atoms with Crippen molar-refractivity contribution < 1.29 is 9.53 Å². The molecule has 2 aromatic carbocycles. The molecule has 0 saturated heterocycles. The number of fused-ring (bicyclic) bond motifs is 1. The molecule has 1 atom stereocenters. The molecule has 0 saturated carbocycles. The zero-order valence-corrected chi connectivity index (χ0v) is 16.1. The van der Waals surface area contributed by atoms with Gasteiger partial charge in [-0.1, -0.05) is 49.4 Å². The number of benzene rings is 2. The summed E-state index contributed by atoms with van der Waals surface area (Å²) in [7, 11) is 0. The van der Waals surface area contributed by atoms with Crippen LogP contribution < -0.4 is 5.32 Å². The molecule has 0 aliphatic carbocycles. The van der Waals surface area contributed by atoms with E-state index in [-0.39, 0.29) is 12.0 Å². The summed E-state index contributed by atoms with van der Waals surface area (Å²) in [5, 5.41) is 7.73. The fraction of sp³-hybridized carbons (Fsp3) is 0.304. The highest BCUT2D eigenvalue weighted by atomic mass is 16.5. The molecule has 144 valence electrons. The minimum absolute atomic E-state index is 0.0814. The highest BCUT2D eigenvalue weighted by molar-refractivity contribution is 5.94. The van der Waals surface area contributed by atoms with Crippen molar-refractivity contribution in [1.82, 2.24) is 15.1 Å². The summed E-state index contributed by atoms with van der Waals surface area (Å²) in [5.41, 5.74) is 5.24. The summed E-state index contributed by atoms with van der Waals surface area (Å²) in [4.78, 5) is 12.5. The van der Waals surface area contributed by atoms with Crippen molar-refractivity contribution in [3.05, 3.63) is 88.7 Å². The van der Waals surface area contributed by atoms with E-state index in [0.717, 1.165) is 25.1 Å². The zero-order chi connectivity index (χ0) is 19.3. The Balaban J connectivity index is 1.41. The van der Waals surface area contributed by atoms with Gasteiger partial charge in [-0.2, -0.15) is 5.10 Å². The maximum Gasteiger partial charge on any atom is 0.251 e. The predicted octanol–water partition coefficient (Wildman–Crippen LogP) is 3.54. The quantitative estimate of drug-likeness (QED) is 0.717. The Kier molecular flexibility index (Phi) is 5.53. The number of amides is 1. The van der Waals surface area contributed by atoms with Crippen molar-refractivity contribution in [2.24, 2.45) is 0 Å². The van der Waals surface area contributed by atoms with Crippen LogP contribution >= 0.6 is 0 Å². The second-order valence-corrected chi connectivity index (χ2v) is 7.09. The summed E-state index contributed by atoms with van der Waals surface area (Å²) in [6, 6.07) is 18.0. The van der Waals surface area contributed by atoms with Crippen LogP contribution in [0.4, 0.5) is 0 Å². The molecular weight excluding hydrogens is 350 g/mol. The maximum absolute atomic E-state index is 12.5. The molecule has 1 amide bonds. The fourth-order valence-electron chi connectivity index (χ4n) is 3.52. The van der Waals surface area contributed by atoms with E-state index in [1.54, 1.807) is 0 Å². The zero-order valence-electron chi connectivity index (χ0n) is 16.1. The van der Waals surface area contributed by atoms with Crippen molar-refractivity contribution in [3.63, 3.8) is 0 Å². The number of hydrogen-bond donors (Lipinski definition) is 1. The van der Waals surface area contributed by atoms with Gasteiger partial charge in [-0.15, -0.1) is 0 Å². The molecule has 0 fully saturated rings. The molecule has 3 aromatic rings. The summed E-state index contributed by atoms with van der Waals surface area (Å²) in [6.45, 7) is 3.90. The van der Waals surface area contributed by atoms with Gasteiger partial charge in [0.1, 0.15) is 6.10 Å². The monoisotopic (exact) mass is 375 g/mol. The smallest absolute Gasteiger partial charge is 0.251 e. The van der Waals surface area contributed by atoms with E-state index in [2.05, 4.69) is 30.6 Å². The Morgan fingerprint density at radius 1 is 1.14 bits per heavy atom. The Labute approximate surface area is 165 Å². The van der Waals surface area contributed by atoms with Crippen molar-refractivity contribution in [2.45, 2.75) is 32.4 Å². The third kappa shape index (κ3) is 4.15. The first-order chi connectivity index (χ1) is 13.7. The second-order valence-electron chi connectivity index (χ2n) is 7.09. The Morgan fingerprint density at radius 2 is 1.93 bits per heavy atom. The molecule has 0 unspecified atom stereocenters. The van der Waals surface area contributed by atoms with E-state index < -0.39 is 0 Å². The van der Waals surface area contributed by atoms with Crippen LogP contribution in [-0.4, -0.2) is 28.8 Å². The average Bonchev–Trinajstić information content (AvgIpc) is 3.15. The van der Waals surface area contributed by atoms with E-state index in [4.69, 9.17) is 9.84 Å². The number of nitrogens with zero attached hydrogens (tertiary/aromatic N) is 2. The predicted molar refractivity (Wildman–Crippen MR) is 108 cm³/mol. The molecule has 0 spiro atoms. The molecule has 5 nitrogen and oxygen atoms in total. The lowest BCUT2D eigenvalue weighted by atomic mass is 10.1. The second kappa shape index (κ2) is 8.40. The molecule has 5 heteroatoms. The van der Waals surface area contributed by atoms with Crippen LogP contribution in [0.3, 0.4) is 0 Å². The van der Waals surface area contributed by atoms with Crippen molar-refractivity contribution in [3.8, 4) is 0 Å². The first-order valence-electron chi connectivity index (χ1n) is 9.82. The van der Waals surface area contributed by atoms with Gasteiger partial charge in [0, 0.05) is 18.3 Å². The minimum Gasteiger partial charge on any atom is -0.370 e.